The minimum atomic E-state index is -4.70. The Bertz CT molecular complexity index is 896. The van der Waals surface area contributed by atoms with Crippen LogP contribution in [-0.4, -0.2) is 28.9 Å². The second kappa shape index (κ2) is 7.65. The highest BCUT2D eigenvalue weighted by Gasteiger charge is 2.40. The highest BCUT2D eigenvalue weighted by Crippen LogP contribution is 2.38. The summed E-state index contributed by atoms with van der Waals surface area (Å²) in [5.41, 5.74) is -0.919. The van der Waals surface area contributed by atoms with Gasteiger partial charge in [-0.05, 0) is 38.5 Å². The summed E-state index contributed by atoms with van der Waals surface area (Å²) in [7, 11) is 0. The quantitative estimate of drug-likeness (QED) is 0.727. The van der Waals surface area contributed by atoms with Gasteiger partial charge in [-0.15, -0.1) is 0 Å². The molecule has 0 fully saturated rings. The van der Waals surface area contributed by atoms with Crippen molar-refractivity contribution in [2.75, 3.05) is 13.2 Å². The number of nitrogens with zero attached hydrogens (tertiary/aromatic N) is 2. The molecule has 0 saturated carbocycles. The van der Waals surface area contributed by atoms with Gasteiger partial charge in [-0.3, -0.25) is 9.48 Å². The molecule has 0 aliphatic carbocycles. The van der Waals surface area contributed by atoms with E-state index in [2.05, 4.69) is 26.3 Å². The SMILES string of the molecule is CC(NC(=O)c1cnn(C(C)C)c1C(F)(F)F)c1cc2c(cc1Br)OCCO2. The zero-order valence-corrected chi connectivity index (χ0v) is 17.0. The fourth-order valence-electron chi connectivity index (χ4n) is 2.97. The lowest BCUT2D eigenvalue weighted by atomic mass is 10.1. The molecule has 3 rings (SSSR count). The van der Waals surface area contributed by atoms with E-state index in [1.54, 1.807) is 32.9 Å². The van der Waals surface area contributed by atoms with E-state index >= 15 is 0 Å². The van der Waals surface area contributed by atoms with Crippen molar-refractivity contribution in [1.29, 1.82) is 0 Å². The molecular formula is C18H19BrF3N3O3. The summed E-state index contributed by atoms with van der Waals surface area (Å²) in [4.78, 5) is 12.6. The van der Waals surface area contributed by atoms with E-state index in [-0.39, 0.29) is 0 Å². The number of halogens is 4. The predicted octanol–water partition coefficient (Wildman–Crippen LogP) is 4.51. The normalized spacial score (nSPS) is 14.9. The number of hydrogen-bond donors (Lipinski definition) is 1. The molecular weight excluding hydrogens is 443 g/mol. The van der Waals surface area contributed by atoms with Gasteiger partial charge >= 0.3 is 6.18 Å². The maximum Gasteiger partial charge on any atom is 0.433 e. The molecule has 152 valence electrons. The number of carbonyl (C=O) groups excluding carboxylic acids is 1. The van der Waals surface area contributed by atoms with Gasteiger partial charge in [0.2, 0.25) is 0 Å². The van der Waals surface area contributed by atoms with Crippen LogP contribution in [0.1, 0.15) is 54.5 Å². The van der Waals surface area contributed by atoms with Gasteiger partial charge in [0, 0.05) is 10.5 Å². The van der Waals surface area contributed by atoms with Crippen LogP contribution in [0.2, 0.25) is 0 Å². The Kier molecular flexibility index (Phi) is 5.60. The van der Waals surface area contributed by atoms with E-state index in [1.165, 1.54) is 0 Å². The number of ether oxygens (including phenoxy) is 2. The van der Waals surface area contributed by atoms with Crippen LogP contribution in [0.5, 0.6) is 11.5 Å². The molecule has 2 aromatic rings. The van der Waals surface area contributed by atoms with Crippen molar-refractivity contribution in [2.45, 2.75) is 39.0 Å². The summed E-state index contributed by atoms with van der Waals surface area (Å²) in [5, 5.41) is 6.35. The molecule has 1 atom stereocenters. The lowest BCUT2D eigenvalue weighted by molar-refractivity contribution is -0.145. The molecule has 0 bridgehead atoms. The first-order valence-corrected chi connectivity index (χ1v) is 9.43. The average molecular weight is 462 g/mol. The lowest BCUT2D eigenvalue weighted by Gasteiger charge is -2.22. The lowest BCUT2D eigenvalue weighted by Crippen LogP contribution is -2.29. The van der Waals surface area contributed by atoms with Gasteiger partial charge in [0.15, 0.2) is 17.2 Å². The van der Waals surface area contributed by atoms with E-state index in [1.807, 2.05) is 0 Å². The van der Waals surface area contributed by atoms with Crippen LogP contribution in [-0.2, 0) is 6.18 Å². The number of carbonyl (C=O) groups is 1. The molecule has 0 radical (unpaired) electrons. The van der Waals surface area contributed by atoms with E-state index in [4.69, 9.17) is 9.47 Å². The molecule has 1 unspecified atom stereocenters. The van der Waals surface area contributed by atoms with Crippen LogP contribution in [0.25, 0.3) is 0 Å². The number of hydrogen-bond acceptors (Lipinski definition) is 4. The van der Waals surface area contributed by atoms with Gasteiger partial charge in [-0.1, -0.05) is 15.9 Å². The Morgan fingerprint density at radius 2 is 1.82 bits per heavy atom. The van der Waals surface area contributed by atoms with Crippen LogP contribution >= 0.6 is 15.9 Å². The molecule has 10 heteroatoms. The molecule has 1 N–H and O–H groups in total. The standard InChI is InChI=1S/C18H19BrF3N3O3/c1-9(2)25-16(18(20,21)22)12(8-23-25)17(26)24-10(3)11-6-14-15(7-13(11)19)28-5-4-27-14/h6-10H,4-5H2,1-3H3,(H,24,26). The van der Waals surface area contributed by atoms with Crippen molar-refractivity contribution >= 4 is 21.8 Å². The van der Waals surface area contributed by atoms with Crippen molar-refractivity contribution in [3.05, 3.63) is 39.6 Å². The number of nitrogens with one attached hydrogen (secondary N) is 1. The second-order valence-corrected chi connectivity index (χ2v) is 7.51. The highest BCUT2D eigenvalue weighted by molar-refractivity contribution is 9.10. The Morgan fingerprint density at radius 3 is 2.39 bits per heavy atom. The number of aromatic nitrogens is 2. The Hall–Kier alpha value is -2.23. The number of rotatable bonds is 4. The summed E-state index contributed by atoms with van der Waals surface area (Å²) in [6.07, 6.45) is -3.75. The largest absolute Gasteiger partial charge is 0.486 e. The van der Waals surface area contributed by atoms with Crippen LogP contribution in [0, 0.1) is 0 Å². The van der Waals surface area contributed by atoms with Crippen molar-refractivity contribution in [3.8, 4) is 11.5 Å². The van der Waals surface area contributed by atoms with Gasteiger partial charge < -0.3 is 14.8 Å². The maximum atomic E-state index is 13.5. The second-order valence-electron chi connectivity index (χ2n) is 6.66. The molecule has 1 aromatic carbocycles. The summed E-state index contributed by atoms with van der Waals surface area (Å²) in [5.74, 6) is 0.237. The van der Waals surface area contributed by atoms with Crippen molar-refractivity contribution in [2.24, 2.45) is 0 Å². The van der Waals surface area contributed by atoms with Gasteiger partial charge in [-0.2, -0.15) is 18.3 Å². The summed E-state index contributed by atoms with van der Waals surface area (Å²) < 4.78 is 53.0. The third-order valence-electron chi connectivity index (χ3n) is 4.27. The zero-order chi connectivity index (χ0) is 20.6. The monoisotopic (exact) mass is 461 g/mol. The third kappa shape index (κ3) is 3.96. The van der Waals surface area contributed by atoms with E-state index in [9.17, 15) is 18.0 Å². The van der Waals surface area contributed by atoms with Crippen molar-refractivity contribution in [1.82, 2.24) is 15.1 Å². The minimum absolute atomic E-state index is 0.401. The zero-order valence-electron chi connectivity index (χ0n) is 15.4. The third-order valence-corrected chi connectivity index (χ3v) is 4.96. The fourth-order valence-corrected chi connectivity index (χ4v) is 3.63. The molecule has 28 heavy (non-hydrogen) atoms. The first kappa shape index (κ1) is 20.5. The number of amides is 1. The number of fused-ring (bicyclic) bond motifs is 1. The predicted molar refractivity (Wildman–Crippen MR) is 98.6 cm³/mol. The fraction of sp³-hybridized carbons (Fsp3) is 0.444. The molecule has 1 aliphatic rings. The van der Waals surface area contributed by atoms with E-state index in [0.29, 0.717) is 34.7 Å². The first-order chi connectivity index (χ1) is 13.1. The van der Waals surface area contributed by atoms with Gasteiger partial charge in [0.25, 0.3) is 5.91 Å². The van der Waals surface area contributed by atoms with Gasteiger partial charge in [-0.25, -0.2) is 0 Å². The first-order valence-electron chi connectivity index (χ1n) is 8.64. The number of alkyl halides is 3. The van der Waals surface area contributed by atoms with Gasteiger partial charge in [0.1, 0.15) is 13.2 Å². The van der Waals surface area contributed by atoms with E-state index in [0.717, 1.165) is 10.9 Å². The van der Waals surface area contributed by atoms with Crippen LogP contribution in [0.15, 0.2) is 22.8 Å². The summed E-state index contributed by atoms with van der Waals surface area (Å²) >= 11 is 3.41. The Morgan fingerprint density at radius 1 is 1.21 bits per heavy atom. The molecule has 6 nitrogen and oxygen atoms in total. The molecule has 0 spiro atoms. The molecule has 0 saturated heterocycles. The maximum absolute atomic E-state index is 13.5. The topological polar surface area (TPSA) is 65.4 Å². The Balaban J connectivity index is 1.88. The molecule has 1 aromatic heterocycles. The van der Waals surface area contributed by atoms with Crippen molar-refractivity contribution in [3.63, 3.8) is 0 Å². The van der Waals surface area contributed by atoms with Crippen LogP contribution < -0.4 is 14.8 Å². The molecule has 1 amide bonds. The van der Waals surface area contributed by atoms with Gasteiger partial charge in [0.05, 0.1) is 17.8 Å². The minimum Gasteiger partial charge on any atom is -0.486 e. The van der Waals surface area contributed by atoms with Crippen LogP contribution in [0.3, 0.4) is 0 Å². The highest BCUT2D eigenvalue weighted by atomic mass is 79.9. The molecule has 2 heterocycles. The molecule has 1 aliphatic heterocycles. The Labute approximate surface area is 168 Å². The van der Waals surface area contributed by atoms with Crippen LogP contribution in [0.4, 0.5) is 13.2 Å². The van der Waals surface area contributed by atoms with E-state index < -0.39 is 35.4 Å². The number of benzene rings is 1. The smallest absolute Gasteiger partial charge is 0.433 e. The van der Waals surface area contributed by atoms with Crippen molar-refractivity contribution < 1.29 is 27.4 Å². The summed E-state index contributed by atoms with van der Waals surface area (Å²) in [6, 6.07) is 2.29. The average Bonchev–Trinajstić information content (AvgIpc) is 3.07. The summed E-state index contributed by atoms with van der Waals surface area (Å²) in [6.45, 7) is 5.65.